The molecule has 5 rings (SSSR count). The van der Waals surface area contributed by atoms with E-state index in [1.807, 2.05) is 13.8 Å². The maximum atomic E-state index is 14.1. The number of nitrogens with zero attached hydrogens (tertiary/aromatic N) is 8. The van der Waals surface area contributed by atoms with Crippen molar-refractivity contribution in [1.29, 1.82) is 0 Å². The van der Waals surface area contributed by atoms with Gasteiger partial charge in [-0.2, -0.15) is 9.97 Å². The second-order valence-electron chi connectivity index (χ2n) is 10.1. The molecule has 2 saturated heterocycles. The second kappa shape index (κ2) is 12.2. The molecule has 16 heteroatoms. The van der Waals surface area contributed by atoms with Gasteiger partial charge in [0.1, 0.15) is 18.2 Å². The number of piperidine rings is 1. The van der Waals surface area contributed by atoms with Crippen molar-refractivity contribution in [2.24, 2.45) is 0 Å². The van der Waals surface area contributed by atoms with E-state index in [1.54, 1.807) is 9.47 Å². The summed E-state index contributed by atoms with van der Waals surface area (Å²) in [5, 5.41) is 7.78. The van der Waals surface area contributed by atoms with Gasteiger partial charge in [0, 0.05) is 19.7 Å². The first-order valence-electron chi connectivity index (χ1n) is 13.3. The summed E-state index contributed by atoms with van der Waals surface area (Å²) < 4.78 is 66.1. The summed E-state index contributed by atoms with van der Waals surface area (Å²) in [4.78, 5) is 18.2. The lowest BCUT2D eigenvalue weighted by atomic mass is 10.1. The van der Waals surface area contributed by atoms with Crippen LogP contribution in [0.1, 0.15) is 50.9 Å². The molecule has 5 heterocycles. The Kier molecular flexibility index (Phi) is 8.60. The van der Waals surface area contributed by atoms with Crippen molar-refractivity contribution in [1.82, 2.24) is 34.7 Å². The number of methoxy groups -OCH3 is 2. The van der Waals surface area contributed by atoms with E-state index in [9.17, 15) is 12.8 Å². The SMILES string of the molecule is COc1ncnc(OC)c1-n1c(CS(=O)(=O)[C@@H]2C[C@@H](OC(C)C)CN(c3ncc(F)cn3)C2)nnc1[C@@H]1CCCO1. The Bertz CT molecular complexity index is 1430. The van der Waals surface area contributed by atoms with Crippen LogP contribution in [-0.4, -0.2) is 94.5 Å². The number of sulfone groups is 1. The fourth-order valence-electron chi connectivity index (χ4n) is 5.18. The van der Waals surface area contributed by atoms with Crippen molar-refractivity contribution in [2.45, 2.75) is 62.4 Å². The Morgan fingerprint density at radius 1 is 1.07 bits per heavy atom. The van der Waals surface area contributed by atoms with Crippen LogP contribution in [0.3, 0.4) is 0 Å². The fraction of sp³-hybridized carbons (Fsp3) is 0.600. The molecule has 3 aromatic heterocycles. The monoisotopic (exact) mass is 592 g/mol. The van der Waals surface area contributed by atoms with Crippen molar-refractivity contribution in [3.05, 3.63) is 36.2 Å². The first kappa shape index (κ1) is 29.0. The van der Waals surface area contributed by atoms with Gasteiger partial charge in [0.15, 0.2) is 33.0 Å². The Hall–Kier alpha value is -3.50. The maximum absolute atomic E-state index is 14.1. The van der Waals surface area contributed by atoms with Gasteiger partial charge in [0.2, 0.25) is 17.7 Å². The number of hydrogen-bond acceptors (Lipinski definition) is 13. The summed E-state index contributed by atoms with van der Waals surface area (Å²) in [7, 11) is -0.981. The minimum Gasteiger partial charge on any atom is -0.479 e. The molecular weight excluding hydrogens is 559 g/mol. The third kappa shape index (κ3) is 6.23. The van der Waals surface area contributed by atoms with E-state index in [4.69, 9.17) is 18.9 Å². The molecule has 0 aromatic carbocycles. The van der Waals surface area contributed by atoms with Crippen molar-refractivity contribution in [2.75, 3.05) is 38.8 Å². The average Bonchev–Trinajstić information content (AvgIpc) is 3.62. The molecular formula is C25H33FN8O6S. The summed E-state index contributed by atoms with van der Waals surface area (Å²) in [6, 6.07) is 0. The van der Waals surface area contributed by atoms with Gasteiger partial charge in [-0.05, 0) is 33.1 Å². The van der Waals surface area contributed by atoms with Gasteiger partial charge in [-0.25, -0.2) is 22.8 Å². The van der Waals surface area contributed by atoms with E-state index in [-0.39, 0.29) is 48.3 Å². The van der Waals surface area contributed by atoms with Crippen LogP contribution in [0.5, 0.6) is 11.8 Å². The summed E-state index contributed by atoms with van der Waals surface area (Å²) in [6.45, 7) is 4.78. The fourth-order valence-corrected chi connectivity index (χ4v) is 6.87. The predicted molar refractivity (Wildman–Crippen MR) is 143 cm³/mol. The largest absolute Gasteiger partial charge is 0.479 e. The highest BCUT2D eigenvalue weighted by Crippen LogP contribution is 2.36. The first-order chi connectivity index (χ1) is 19.7. The van der Waals surface area contributed by atoms with E-state index < -0.39 is 38.9 Å². The van der Waals surface area contributed by atoms with Crippen molar-refractivity contribution in [3.63, 3.8) is 0 Å². The van der Waals surface area contributed by atoms with E-state index in [0.29, 0.717) is 25.4 Å². The van der Waals surface area contributed by atoms with Gasteiger partial charge in [0.05, 0.1) is 44.1 Å². The molecule has 3 atom stereocenters. The van der Waals surface area contributed by atoms with Crippen LogP contribution in [0.2, 0.25) is 0 Å². The Balaban J connectivity index is 1.52. The molecule has 2 aliphatic heterocycles. The number of anilines is 1. The van der Waals surface area contributed by atoms with Gasteiger partial charge < -0.3 is 23.8 Å². The van der Waals surface area contributed by atoms with E-state index in [1.165, 1.54) is 20.5 Å². The summed E-state index contributed by atoms with van der Waals surface area (Å²) in [5.74, 6) is 0.0638. The molecule has 0 bridgehead atoms. The van der Waals surface area contributed by atoms with Crippen LogP contribution < -0.4 is 14.4 Å². The van der Waals surface area contributed by atoms with Crippen LogP contribution in [-0.2, 0) is 25.1 Å². The molecule has 2 fully saturated rings. The van der Waals surface area contributed by atoms with E-state index in [0.717, 1.165) is 18.8 Å². The highest BCUT2D eigenvalue weighted by Gasteiger charge is 2.39. The zero-order valence-corrected chi connectivity index (χ0v) is 24.1. The molecule has 0 unspecified atom stereocenters. The van der Waals surface area contributed by atoms with Crippen molar-refractivity contribution >= 4 is 15.8 Å². The molecule has 3 aromatic rings. The molecule has 0 spiro atoms. The molecule has 41 heavy (non-hydrogen) atoms. The minimum atomic E-state index is -3.87. The van der Waals surface area contributed by atoms with Gasteiger partial charge >= 0.3 is 0 Å². The van der Waals surface area contributed by atoms with Gasteiger partial charge in [0.25, 0.3) is 0 Å². The topological polar surface area (TPSA) is 157 Å². The van der Waals surface area contributed by atoms with Crippen molar-refractivity contribution in [3.8, 4) is 17.4 Å². The lowest BCUT2D eigenvalue weighted by Gasteiger charge is -2.38. The molecule has 0 N–H and O–H groups in total. The number of halogens is 1. The lowest BCUT2D eigenvalue weighted by Crippen LogP contribution is -2.51. The standard InChI is InChI=1S/C25H33FN8O6S/c1-15(2)40-17-8-18(12-33(11-17)25-27-9-16(26)10-28-25)41(35,36)13-20-31-32-22(19-6-5-7-39-19)34(20)21-23(37-3)29-14-30-24(21)38-4/h9-10,14-15,17-19H,5-8,11-13H2,1-4H3/t17-,18-,19+/m1/s1. The third-order valence-corrected chi connectivity index (χ3v) is 8.92. The summed E-state index contributed by atoms with van der Waals surface area (Å²) in [6.07, 6.45) is 4.21. The van der Waals surface area contributed by atoms with Gasteiger partial charge in [-0.3, -0.25) is 4.57 Å². The zero-order valence-electron chi connectivity index (χ0n) is 23.3. The highest BCUT2D eigenvalue weighted by molar-refractivity contribution is 7.91. The third-order valence-electron chi connectivity index (χ3n) is 6.90. The lowest BCUT2D eigenvalue weighted by molar-refractivity contribution is 0.00143. The number of rotatable bonds is 10. The maximum Gasteiger partial charge on any atom is 0.245 e. The van der Waals surface area contributed by atoms with Gasteiger partial charge in [-0.15, -0.1) is 10.2 Å². The highest BCUT2D eigenvalue weighted by atomic mass is 32.2. The average molecular weight is 593 g/mol. The quantitative estimate of drug-likeness (QED) is 0.336. The molecule has 2 aliphatic rings. The Morgan fingerprint density at radius 2 is 1.78 bits per heavy atom. The number of aromatic nitrogens is 7. The van der Waals surface area contributed by atoms with Crippen LogP contribution in [0, 0.1) is 5.82 Å². The summed E-state index contributed by atoms with van der Waals surface area (Å²) >= 11 is 0. The van der Waals surface area contributed by atoms with E-state index >= 15 is 0 Å². The molecule has 14 nitrogen and oxygen atoms in total. The number of ether oxygens (including phenoxy) is 4. The van der Waals surface area contributed by atoms with Crippen molar-refractivity contribution < 1.29 is 31.8 Å². The smallest absolute Gasteiger partial charge is 0.245 e. The Labute approximate surface area is 237 Å². The number of hydrogen-bond donors (Lipinski definition) is 0. The molecule has 222 valence electrons. The first-order valence-corrected chi connectivity index (χ1v) is 15.0. The Morgan fingerprint density at radius 3 is 2.39 bits per heavy atom. The van der Waals surface area contributed by atoms with Gasteiger partial charge in [-0.1, -0.05) is 0 Å². The summed E-state index contributed by atoms with van der Waals surface area (Å²) in [5.41, 5.74) is 0.282. The second-order valence-corrected chi connectivity index (χ2v) is 12.4. The van der Waals surface area contributed by atoms with Crippen LogP contribution in [0.4, 0.5) is 10.3 Å². The molecule has 0 saturated carbocycles. The molecule has 0 aliphatic carbocycles. The van der Waals surface area contributed by atoms with Crippen LogP contribution in [0.25, 0.3) is 5.69 Å². The molecule has 0 radical (unpaired) electrons. The van der Waals surface area contributed by atoms with Crippen LogP contribution >= 0.6 is 0 Å². The molecule has 0 amide bonds. The predicted octanol–water partition coefficient (Wildman–Crippen LogP) is 1.84. The zero-order chi connectivity index (χ0) is 29.1. The van der Waals surface area contributed by atoms with E-state index in [2.05, 4.69) is 30.1 Å². The minimum absolute atomic E-state index is 0.0970. The van der Waals surface area contributed by atoms with Crippen LogP contribution in [0.15, 0.2) is 18.7 Å². The normalized spacial score (nSPS) is 21.4.